The van der Waals surface area contributed by atoms with Crippen LogP contribution in [-0.4, -0.2) is 25.4 Å². The quantitative estimate of drug-likeness (QED) is 0.729. The molecule has 0 aromatic rings. The molecule has 0 amide bonds. The van der Waals surface area contributed by atoms with Gasteiger partial charge in [0.2, 0.25) is 0 Å². The second kappa shape index (κ2) is 5.70. The van der Waals surface area contributed by atoms with E-state index in [1.54, 1.807) is 0 Å². The summed E-state index contributed by atoms with van der Waals surface area (Å²) in [4.78, 5) is 0. The molecule has 1 rings (SSSR count). The first-order valence-electron chi connectivity index (χ1n) is 5.39. The molecule has 1 aliphatic carbocycles. The molecule has 0 aromatic heterocycles. The van der Waals surface area contributed by atoms with Crippen LogP contribution in [0.3, 0.4) is 0 Å². The molecule has 0 bridgehead atoms. The second-order valence-corrected chi connectivity index (χ2v) is 4.15. The minimum Gasteiger partial charge on any atom is -0.379 e. The van der Waals surface area contributed by atoms with Gasteiger partial charge in [-0.3, -0.25) is 0 Å². The summed E-state index contributed by atoms with van der Waals surface area (Å²) in [6, 6.07) is -0.0965. The molecular weight excluding hydrogens is 207 g/mol. The maximum atomic E-state index is 11.8. The highest BCUT2D eigenvalue weighted by Crippen LogP contribution is 2.27. The zero-order valence-electron chi connectivity index (χ0n) is 8.72. The SMILES string of the molecule is NC(COCCC(F)(F)F)C1CCCC1. The Kier molecular flexibility index (Phi) is 4.86. The van der Waals surface area contributed by atoms with Gasteiger partial charge in [0.05, 0.1) is 19.6 Å². The van der Waals surface area contributed by atoms with Gasteiger partial charge in [-0.1, -0.05) is 12.8 Å². The molecule has 2 nitrogen and oxygen atoms in total. The van der Waals surface area contributed by atoms with Gasteiger partial charge in [-0.05, 0) is 18.8 Å². The molecule has 1 saturated carbocycles. The van der Waals surface area contributed by atoms with E-state index in [-0.39, 0.29) is 19.3 Å². The van der Waals surface area contributed by atoms with E-state index in [1.165, 1.54) is 12.8 Å². The van der Waals surface area contributed by atoms with Crippen molar-refractivity contribution in [2.45, 2.75) is 44.3 Å². The minimum absolute atomic E-state index is 0.0965. The van der Waals surface area contributed by atoms with Crippen LogP contribution in [-0.2, 0) is 4.74 Å². The van der Waals surface area contributed by atoms with Gasteiger partial charge in [0, 0.05) is 6.04 Å². The summed E-state index contributed by atoms with van der Waals surface area (Å²) in [5.74, 6) is 0.441. The molecule has 1 atom stereocenters. The van der Waals surface area contributed by atoms with Crippen LogP contribution in [0.1, 0.15) is 32.1 Å². The molecule has 90 valence electrons. The lowest BCUT2D eigenvalue weighted by Gasteiger charge is -2.18. The van der Waals surface area contributed by atoms with E-state index in [1.807, 2.05) is 0 Å². The summed E-state index contributed by atoms with van der Waals surface area (Å²) in [5, 5.41) is 0. The first-order valence-corrected chi connectivity index (χ1v) is 5.39. The third-order valence-electron chi connectivity index (χ3n) is 2.85. The molecule has 15 heavy (non-hydrogen) atoms. The molecule has 0 radical (unpaired) electrons. The molecule has 1 unspecified atom stereocenters. The molecular formula is C10H18F3NO. The highest BCUT2D eigenvalue weighted by molar-refractivity contribution is 4.77. The van der Waals surface area contributed by atoms with Crippen LogP contribution in [0.5, 0.6) is 0 Å². The van der Waals surface area contributed by atoms with Crippen LogP contribution in [0.2, 0.25) is 0 Å². The van der Waals surface area contributed by atoms with Crippen LogP contribution < -0.4 is 5.73 Å². The maximum absolute atomic E-state index is 11.8. The highest BCUT2D eigenvalue weighted by atomic mass is 19.4. The van der Waals surface area contributed by atoms with Gasteiger partial charge >= 0.3 is 6.18 Å². The van der Waals surface area contributed by atoms with Crippen LogP contribution in [0.4, 0.5) is 13.2 Å². The smallest absolute Gasteiger partial charge is 0.379 e. The van der Waals surface area contributed by atoms with E-state index in [2.05, 4.69) is 0 Å². The van der Waals surface area contributed by atoms with Gasteiger partial charge in [0.25, 0.3) is 0 Å². The number of nitrogens with two attached hydrogens (primary N) is 1. The van der Waals surface area contributed by atoms with Gasteiger partial charge in [0.1, 0.15) is 0 Å². The fourth-order valence-electron chi connectivity index (χ4n) is 1.93. The monoisotopic (exact) mass is 225 g/mol. The lowest BCUT2D eigenvalue weighted by molar-refractivity contribution is -0.145. The predicted octanol–water partition coefficient (Wildman–Crippen LogP) is 2.47. The van der Waals surface area contributed by atoms with Crippen LogP contribution in [0.25, 0.3) is 0 Å². The van der Waals surface area contributed by atoms with Crippen molar-refractivity contribution in [1.82, 2.24) is 0 Å². The number of halogens is 3. The molecule has 0 saturated heterocycles. The van der Waals surface area contributed by atoms with Gasteiger partial charge < -0.3 is 10.5 Å². The molecule has 0 aromatic carbocycles. The first kappa shape index (κ1) is 12.8. The standard InChI is InChI=1S/C10H18F3NO/c11-10(12,13)5-6-15-7-9(14)8-3-1-2-4-8/h8-9H,1-7,14H2. The average molecular weight is 225 g/mol. The maximum Gasteiger partial charge on any atom is 0.391 e. The van der Waals surface area contributed by atoms with E-state index in [0.29, 0.717) is 5.92 Å². The molecule has 0 aliphatic heterocycles. The van der Waals surface area contributed by atoms with Crippen molar-refractivity contribution in [3.8, 4) is 0 Å². The van der Waals surface area contributed by atoms with Crippen LogP contribution in [0.15, 0.2) is 0 Å². The van der Waals surface area contributed by atoms with E-state index in [4.69, 9.17) is 10.5 Å². The fraction of sp³-hybridized carbons (Fsp3) is 1.00. The summed E-state index contributed by atoms with van der Waals surface area (Å²) >= 11 is 0. The Morgan fingerprint density at radius 2 is 1.87 bits per heavy atom. The van der Waals surface area contributed by atoms with Crippen molar-refractivity contribution in [3.63, 3.8) is 0 Å². The molecule has 5 heteroatoms. The van der Waals surface area contributed by atoms with E-state index >= 15 is 0 Å². The lowest BCUT2D eigenvalue weighted by Crippen LogP contribution is -2.33. The number of hydrogen-bond acceptors (Lipinski definition) is 2. The van der Waals surface area contributed by atoms with Gasteiger partial charge in [0.15, 0.2) is 0 Å². The van der Waals surface area contributed by atoms with Crippen molar-refractivity contribution in [2.24, 2.45) is 11.7 Å². The molecule has 1 fully saturated rings. The minimum atomic E-state index is -4.13. The normalized spacial score (nSPS) is 20.8. The number of ether oxygens (including phenoxy) is 1. The Morgan fingerprint density at radius 3 is 2.40 bits per heavy atom. The van der Waals surface area contributed by atoms with Crippen molar-refractivity contribution < 1.29 is 17.9 Å². The van der Waals surface area contributed by atoms with Crippen LogP contribution >= 0.6 is 0 Å². The number of alkyl halides is 3. The van der Waals surface area contributed by atoms with Gasteiger partial charge in [-0.25, -0.2) is 0 Å². The lowest BCUT2D eigenvalue weighted by atomic mass is 10.00. The summed E-state index contributed by atoms with van der Waals surface area (Å²) in [6.45, 7) is -0.0231. The summed E-state index contributed by atoms with van der Waals surface area (Å²) in [5.41, 5.74) is 5.82. The zero-order chi connectivity index (χ0) is 11.3. The van der Waals surface area contributed by atoms with Crippen molar-refractivity contribution in [2.75, 3.05) is 13.2 Å². The Labute approximate surface area is 88.0 Å². The summed E-state index contributed by atoms with van der Waals surface area (Å²) < 4.78 is 40.2. The Balaban J connectivity index is 2.04. The third kappa shape index (κ3) is 5.37. The van der Waals surface area contributed by atoms with Crippen molar-refractivity contribution in [1.29, 1.82) is 0 Å². The number of rotatable bonds is 5. The Bertz CT molecular complexity index is 178. The Morgan fingerprint density at radius 1 is 1.27 bits per heavy atom. The summed E-state index contributed by atoms with van der Waals surface area (Å²) in [6.07, 6.45) is -0.475. The molecule has 0 heterocycles. The molecule has 0 spiro atoms. The van der Waals surface area contributed by atoms with Gasteiger partial charge in [-0.15, -0.1) is 0 Å². The largest absolute Gasteiger partial charge is 0.391 e. The predicted molar refractivity (Wildman–Crippen MR) is 51.4 cm³/mol. The van der Waals surface area contributed by atoms with Crippen LogP contribution in [0, 0.1) is 5.92 Å². The van der Waals surface area contributed by atoms with Gasteiger partial charge in [-0.2, -0.15) is 13.2 Å². The summed E-state index contributed by atoms with van der Waals surface area (Å²) in [7, 11) is 0. The van der Waals surface area contributed by atoms with E-state index in [9.17, 15) is 13.2 Å². The average Bonchev–Trinajstić information content (AvgIpc) is 2.63. The number of hydrogen-bond donors (Lipinski definition) is 1. The first-order chi connectivity index (χ1) is 6.99. The second-order valence-electron chi connectivity index (χ2n) is 4.15. The van der Waals surface area contributed by atoms with E-state index < -0.39 is 12.6 Å². The zero-order valence-corrected chi connectivity index (χ0v) is 8.72. The third-order valence-corrected chi connectivity index (χ3v) is 2.85. The van der Waals surface area contributed by atoms with Crippen molar-refractivity contribution in [3.05, 3.63) is 0 Å². The van der Waals surface area contributed by atoms with Crippen molar-refractivity contribution >= 4 is 0 Å². The molecule has 2 N–H and O–H groups in total. The highest BCUT2D eigenvalue weighted by Gasteiger charge is 2.27. The molecule has 1 aliphatic rings. The Hall–Kier alpha value is -0.290. The van der Waals surface area contributed by atoms with E-state index in [0.717, 1.165) is 12.8 Å². The topological polar surface area (TPSA) is 35.2 Å². The fourth-order valence-corrected chi connectivity index (χ4v) is 1.93.